The van der Waals surface area contributed by atoms with Crippen LogP contribution in [0.15, 0.2) is 21.6 Å². The van der Waals surface area contributed by atoms with Crippen molar-refractivity contribution in [3.63, 3.8) is 0 Å². The van der Waals surface area contributed by atoms with E-state index in [2.05, 4.69) is 45.3 Å². The Morgan fingerprint density at radius 3 is 2.67 bits per heavy atom. The second kappa shape index (κ2) is 12.7. The Hall–Kier alpha value is -0.740. The molecule has 1 atom stereocenters. The largest absolute Gasteiger partial charge is 0.493 e. The first-order valence-electron chi connectivity index (χ1n) is 9.29. The molecular formula is C19H32BrIN4O2. The fourth-order valence-electron chi connectivity index (χ4n) is 3.33. The van der Waals surface area contributed by atoms with E-state index in [9.17, 15) is 0 Å². The Bertz CT molecular complexity index is 616. The summed E-state index contributed by atoms with van der Waals surface area (Å²) in [7, 11) is 3.28. The molecule has 1 saturated heterocycles. The molecule has 1 aliphatic heterocycles. The van der Waals surface area contributed by atoms with E-state index < -0.39 is 0 Å². The number of methoxy groups -OCH3 is 2. The maximum absolute atomic E-state index is 5.41. The molecule has 1 aliphatic rings. The van der Waals surface area contributed by atoms with Crippen molar-refractivity contribution in [1.82, 2.24) is 15.5 Å². The number of ether oxygens (including phenoxy) is 2. The van der Waals surface area contributed by atoms with Gasteiger partial charge in [0.05, 0.1) is 25.2 Å². The van der Waals surface area contributed by atoms with Crippen LogP contribution in [0.4, 0.5) is 0 Å². The van der Waals surface area contributed by atoms with Crippen molar-refractivity contribution in [3.05, 3.63) is 22.2 Å². The van der Waals surface area contributed by atoms with Gasteiger partial charge in [-0.2, -0.15) is 0 Å². The van der Waals surface area contributed by atoms with Gasteiger partial charge in [-0.25, -0.2) is 4.99 Å². The number of benzene rings is 1. The normalized spacial score (nSPS) is 17.4. The van der Waals surface area contributed by atoms with E-state index in [1.165, 1.54) is 19.4 Å². The highest BCUT2D eigenvalue weighted by molar-refractivity contribution is 14.0. The van der Waals surface area contributed by atoms with Crippen LogP contribution in [0.5, 0.6) is 11.5 Å². The minimum absolute atomic E-state index is 0. The second-order valence-corrected chi connectivity index (χ2v) is 7.17. The van der Waals surface area contributed by atoms with E-state index in [1.54, 1.807) is 14.2 Å². The Kier molecular flexibility index (Phi) is 11.4. The molecule has 1 aromatic carbocycles. The quantitative estimate of drug-likeness (QED) is 0.292. The van der Waals surface area contributed by atoms with Crippen LogP contribution in [-0.2, 0) is 6.54 Å². The number of rotatable bonds is 8. The van der Waals surface area contributed by atoms with E-state index in [1.807, 2.05) is 12.1 Å². The molecule has 0 spiro atoms. The van der Waals surface area contributed by atoms with Gasteiger partial charge in [0.2, 0.25) is 0 Å². The van der Waals surface area contributed by atoms with E-state index in [0.717, 1.165) is 35.6 Å². The van der Waals surface area contributed by atoms with Crippen LogP contribution in [0, 0.1) is 0 Å². The van der Waals surface area contributed by atoms with Gasteiger partial charge >= 0.3 is 0 Å². The zero-order chi connectivity index (χ0) is 18.9. The number of hydrogen-bond acceptors (Lipinski definition) is 4. The third-order valence-electron chi connectivity index (χ3n) is 4.67. The van der Waals surface area contributed by atoms with Crippen molar-refractivity contribution in [3.8, 4) is 11.5 Å². The standard InChI is InChI=1S/C19H31BrN4O2.HI/c1-5-21-19(23-13-15-8-7-9-24(15)6-2)22-12-14-10-16(20)18(26-4)17(11-14)25-3;/h10-11,15H,5-9,12-13H2,1-4H3,(H2,21,22,23);1H. The van der Waals surface area contributed by atoms with Crippen LogP contribution >= 0.6 is 39.9 Å². The number of halogens is 2. The average molecular weight is 555 g/mol. The minimum Gasteiger partial charge on any atom is -0.493 e. The number of guanidine groups is 1. The van der Waals surface area contributed by atoms with Crippen LogP contribution in [-0.4, -0.2) is 57.3 Å². The smallest absolute Gasteiger partial charge is 0.191 e. The Morgan fingerprint density at radius 1 is 1.26 bits per heavy atom. The summed E-state index contributed by atoms with van der Waals surface area (Å²) in [6.07, 6.45) is 2.54. The summed E-state index contributed by atoms with van der Waals surface area (Å²) in [5.41, 5.74) is 1.06. The topological polar surface area (TPSA) is 58.1 Å². The zero-order valence-electron chi connectivity index (χ0n) is 16.7. The molecule has 6 nitrogen and oxygen atoms in total. The number of hydrogen-bond donors (Lipinski definition) is 2. The van der Waals surface area contributed by atoms with Gasteiger partial charge in [-0.3, -0.25) is 4.90 Å². The van der Waals surface area contributed by atoms with Gasteiger partial charge in [0.1, 0.15) is 0 Å². The molecule has 1 fully saturated rings. The summed E-state index contributed by atoms with van der Waals surface area (Å²) in [6.45, 7) is 8.95. The van der Waals surface area contributed by atoms with Gasteiger partial charge < -0.3 is 20.1 Å². The predicted molar refractivity (Wildman–Crippen MR) is 126 cm³/mol. The average Bonchev–Trinajstić information content (AvgIpc) is 3.11. The van der Waals surface area contributed by atoms with Gasteiger partial charge in [0.15, 0.2) is 17.5 Å². The monoisotopic (exact) mass is 554 g/mol. The molecule has 0 radical (unpaired) electrons. The van der Waals surface area contributed by atoms with E-state index in [0.29, 0.717) is 24.1 Å². The second-order valence-electron chi connectivity index (χ2n) is 6.31. The third-order valence-corrected chi connectivity index (χ3v) is 5.26. The molecule has 0 aliphatic carbocycles. The maximum atomic E-state index is 5.41. The molecular weight excluding hydrogens is 523 g/mol. The van der Waals surface area contributed by atoms with Crippen LogP contribution in [0.2, 0.25) is 0 Å². The summed E-state index contributed by atoms with van der Waals surface area (Å²) in [4.78, 5) is 7.26. The molecule has 27 heavy (non-hydrogen) atoms. The molecule has 0 bridgehead atoms. The highest BCUT2D eigenvalue weighted by Gasteiger charge is 2.22. The van der Waals surface area contributed by atoms with Crippen molar-refractivity contribution >= 4 is 45.9 Å². The van der Waals surface area contributed by atoms with Crippen molar-refractivity contribution < 1.29 is 9.47 Å². The lowest BCUT2D eigenvalue weighted by molar-refractivity contribution is 0.267. The molecule has 0 amide bonds. The van der Waals surface area contributed by atoms with Gasteiger partial charge in [-0.05, 0) is 66.5 Å². The number of nitrogens with one attached hydrogen (secondary N) is 2. The summed E-state index contributed by atoms with van der Waals surface area (Å²) in [6, 6.07) is 4.58. The van der Waals surface area contributed by atoms with Crippen LogP contribution < -0.4 is 20.1 Å². The molecule has 1 heterocycles. The van der Waals surface area contributed by atoms with Gasteiger partial charge in [-0.1, -0.05) is 6.92 Å². The number of aliphatic imine (C=N–C) groups is 1. The lowest BCUT2D eigenvalue weighted by atomic mass is 10.2. The first-order valence-corrected chi connectivity index (χ1v) is 10.1. The summed E-state index contributed by atoms with van der Waals surface area (Å²) in [5.74, 6) is 2.25. The van der Waals surface area contributed by atoms with Crippen LogP contribution in [0.1, 0.15) is 32.3 Å². The van der Waals surface area contributed by atoms with E-state index in [4.69, 9.17) is 14.5 Å². The number of likely N-dealkylation sites (tertiary alicyclic amines) is 1. The summed E-state index contributed by atoms with van der Waals surface area (Å²) < 4.78 is 11.6. The molecule has 0 saturated carbocycles. The summed E-state index contributed by atoms with van der Waals surface area (Å²) in [5, 5.41) is 6.82. The van der Waals surface area contributed by atoms with E-state index >= 15 is 0 Å². The zero-order valence-corrected chi connectivity index (χ0v) is 20.6. The Morgan fingerprint density at radius 2 is 2.04 bits per heavy atom. The molecule has 2 N–H and O–H groups in total. The van der Waals surface area contributed by atoms with Gasteiger partial charge in [0, 0.05) is 19.1 Å². The molecule has 1 unspecified atom stereocenters. The lowest BCUT2D eigenvalue weighted by Gasteiger charge is -2.24. The van der Waals surface area contributed by atoms with Crippen molar-refractivity contribution in [2.75, 3.05) is 40.4 Å². The molecule has 1 aromatic rings. The highest BCUT2D eigenvalue weighted by Crippen LogP contribution is 2.36. The Labute approximate surface area is 188 Å². The predicted octanol–water partition coefficient (Wildman–Crippen LogP) is 3.62. The van der Waals surface area contributed by atoms with Crippen molar-refractivity contribution in [2.24, 2.45) is 4.99 Å². The summed E-state index contributed by atoms with van der Waals surface area (Å²) >= 11 is 3.54. The first-order chi connectivity index (χ1) is 12.6. The van der Waals surface area contributed by atoms with Crippen molar-refractivity contribution in [2.45, 2.75) is 39.3 Å². The van der Waals surface area contributed by atoms with Crippen LogP contribution in [0.25, 0.3) is 0 Å². The SMILES string of the molecule is CCNC(=NCc1cc(Br)c(OC)c(OC)c1)NCC1CCCN1CC.I. The van der Waals surface area contributed by atoms with Crippen molar-refractivity contribution in [1.29, 1.82) is 0 Å². The van der Waals surface area contributed by atoms with Gasteiger partial charge in [0.25, 0.3) is 0 Å². The number of likely N-dealkylation sites (N-methyl/N-ethyl adjacent to an activating group) is 1. The first kappa shape index (κ1) is 24.3. The molecule has 0 aromatic heterocycles. The molecule has 8 heteroatoms. The molecule has 2 rings (SSSR count). The lowest BCUT2D eigenvalue weighted by Crippen LogP contribution is -2.44. The molecule has 154 valence electrons. The highest BCUT2D eigenvalue weighted by atomic mass is 127. The van der Waals surface area contributed by atoms with Crippen LogP contribution in [0.3, 0.4) is 0 Å². The fraction of sp³-hybridized carbons (Fsp3) is 0.632. The maximum Gasteiger partial charge on any atom is 0.191 e. The minimum atomic E-state index is 0. The van der Waals surface area contributed by atoms with Gasteiger partial charge in [-0.15, -0.1) is 24.0 Å². The van der Waals surface area contributed by atoms with E-state index in [-0.39, 0.29) is 24.0 Å². The third kappa shape index (κ3) is 6.98. The number of nitrogens with zero attached hydrogens (tertiary/aromatic N) is 2. The fourth-order valence-corrected chi connectivity index (χ4v) is 3.98. The Balaban J connectivity index is 0.00000364.